The van der Waals surface area contributed by atoms with E-state index in [9.17, 15) is 4.79 Å². The number of carbonyl (C=O) groups excluding carboxylic acids is 1. The van der Waals surface area contributed by atoms with Gasteiger partial charge in [-0.05, 0) is 43.4 Å². The Balaban J connectivity index is 2.12. The number of hydrogen-bond acceptors (Lipinski definition) is 1. The number of aryl methyl sites for hydroxylation is 1. The van der Waals surface area contributed by atoms with E-state index in [1.807, 2.05) is 23.1 Å². The molecule has 0 N–H and O–H groups in total. The van der Waals surface area contributed by atoms with E-state index >= 15 is 0 Å². The van der Waals surface area contributed by atoms with Gasteiger partial charge in [0.05, 0.1) is 0 Å². The third-order valence-corrected chi connectivity index (χ3v) is 3.81. The van der Waals surface area contributed by atoms with Crippen molar-refractivity contribution in [1.82, 2.24) is 4.90 Å². The molecule has 98 valence electrons. The van der Waals surface area contributed by atoms with Gasteiger partial charge in [0.25, 0.3) is 5.91 Å². The fraction of sp³-hybridized carbons (Fsp3) is 0.533. The van der Waals surface area contributed by atoms with Gasteiger partial charge in [-0.3, -0.25) is 4.79 Å². The van der Waals surface area contributed by atoms with Crippen molar-refractivity contribution in [2.45, 2.75) is 39.0 Å². The lowest BCUT2D eigenvalue weighted by molar-refractivity contribution is 0.0724. The molecular weight excluding hydrogens is 246 g/mol. The van der Waals surface area contributed by atoms with Crippen LogP contribution in [-0.4, -0.2) is 23.9 Å². The minimum absolute atomic E-state index is 0.125. The summed E-state index contributed by atoms with van der Waals surface area (Å²) < 4.78 is 0. The van der Waals surface area contributed by atoms with Crippen LogP contribution in [0.15, 0.2) is 18.2 Å². The van der Waals surface area contributed by atoms with Gasteiger partial charge in [-0.15, -0.1) is 0 Å². The third kappa shape index (κ3) is 3.05. The van der Waals surface area contributed by atoms with E-state index in [4.69, 9.17) is 11.6 Å². The predicted octanol–water partition coefficient (Wildman–Crippen LogP) is 3.92. The van der Waals surface area contributed by atoms with Crippen molar-refractivity contribution >= 4 is 17.5 Å². The SMILES string of the molecule is CCCc1ccc(C(=O)N2CCCCC2)cc1Cl. The van der Waals surface area contributed by atoms with Crippen LogP contribution in [0, 0.1) is 0 Å². The number of hydrogen-bond donors (Lipinski definition) is 0. The number of carbonyl (C=O) groups is 1. The van der Waals surface area contributed by atoms with Crippen LogP contribution in [0.1, 0.15) is 48.5 Å². The Morgan fingerprint density at radius 1 is 1.28 bits per heavy atom. The number of amides is 1. The van der Waals surface area contributed by atoms with Crippen molar-refractivity contribution in [2.75, 3.05) is 13.1 Å². The smallest absolute Gasteiger partial charge is 0.253 e. The first-order chi connectivity index (χ1) is 8.72. The number of halogens is 1. The minimum atomic E-state index is 0.125. The fourth-order valence-electron chi connectivity index (χ4n) is 2.43. The van der Waals surface area contributed by atoms with Crippen LogP contribution in [0.2, 0.25) is 5.02 Å². The van der Waals surface area contributed by atoms with Crippen molar-refractivity contribution in [3.8, 4) is 0 Å². The Bertz CT molecular complexity index is 425. The monoisotopic (exact) mass is 265 g/mol. The zero-order chi connectivity index (χ0) is 13.0. The Morgan fingerprint density at radius 3 is 2.61 bits per heavy atom. The van der Waals surface area contributed by atoms with E-state index in [2.05, 4.69) is 6.92 Å². The number of likely N-dealkylation sites (tertiary alicyclic amines) is 1. The first-order valence-corrected chi connectivity index (χ1v) is 7.18. The van der Waals surface area contributed by atoms with E-state index in [1.165, 1.54) is 6.42 Å². The highest BCUT2D eigenvalue weighted by Gasteiger charge is 2.18. The Hall–Kier alpha value is -1.02. The van der Waals surface area contributed by atoms with E-state index in [0.717, 1.165) is 54.9 Å². The van der Waals surface area contributed by atoms with E-state index in [-0.39, 0.29) is 5.91 Å². The molecule has 0 atom stereocenters. The zero-order valence-corrected chi connectivity index (χ0v) is 11.7. The largest absolute Gasteiger partial charge is 0.339 e. The molecule has 1 aliphatic rings. The first-order valence-electron chi connectivity index (χ1n) is 6.80. The van der Waals surface area contributed by atoms with Gasteiger partial charge in [-0.25, -0.2) is 0 Å². The van der Waals surface area contributed by atoms with E-state index < -0.39 is 0 Å². The van der Waals surface area contributed by atoms with Gasteiger partial charge in [0.2, 0.25) is 0 Å². The van der Waals surface area contributed by atoms with Crippen LogP contribution in [0.5, 0.6) is 0 Å². The lowest BCUT2D eigenvalue weighted by Crippen LogP contribution is -2.35. The predicted molar refractivity (Wildman–Crippen MR) is 75.2 cm³/mol. The molecule has 0 bridgehead atoms. The fourth-order valence-corrected chi connectivity index (χ4v) is 2.71. The highest BCUT2D eigenvalue weighted by atomic mass is 35.5. The Morgan fingerprint density at radius 2 is 2.00 bits per heavy atom. The number of nitrogens with zero attached hydrogens (tertiary/aromatic N) is 1. The van der Waals surface area contributed by atoms with E-state index in [1.54, 1.807) is 0 Å². The number of benzene rings is 1. The van der Waals surface area contributed by atoms with Crippen LogP contribution in [0.4, 0.5) is 0 Å². The van der Waals surface area contributed by atoms with Crippen LogP contribution < -0.4 is 0 Å². The van der Waals surface area contributed by atoms with Crippen LogP contribution in [-0.2, 0) is 6.42 Å². The summed E-state index contributed by atoms with van der Waals surface area (Å²) in [4.78, 5) is 14.2. The quantitative estimate of drug-likeness (QED) is 0.811. The molecule has 2 nitrogen and oxygen atoms in total. The van der Waals surface area contributed by atoms with Gasteiger partial charge < -0.3 is 4.90 Å². The Labute approximate surface area is 114 Å². The van der Waals surface area contributed by atoms with Crippen LogP contribution in [0.25, 0.3) is 0 Å². The van der Waals surface area contributed by atoms with Gasteiger partial charge >= 0.3 is 0 Å². The molecule has 1 aliphatic heterocycles. The molecular formula is C15H20ClNO. The molecule has 1 amide bonds. The van der Waals surface area contributed by atoms with Crippen molar-refractivity contribution in [1.29, 1.82) is 0 Å². The summed E-state index contributed by atoms with van der Waals surface area (Å²) >= 11 is 6.22. The van der Waals surface area contributed by atoms with Crippen LogP contribution in [0.3, 0.4) is 0 Å². The number of piperidine rings is 1. The molecule has 0 spiro atoms. The highest BCUT2D eigenvalue weighted by Crippen LogP contribution is 2.21. The molecule has 1 aromatic carbocycles. The summed E-state index contributed by atoms with van der Waals surface area (Å²) in [6.07, 6.45) is 5.51. The summed E-state index contributed by atoms with van der Waals surface area (Å²) in [6, 6.07) is 5.72. The molecule has 0 saturated carbocycles. The van der Waals surface area contributed by atoms with Crippen LogP contribution >= 0.6 is 11.6 Å². The van der Waals surface area contributed by atoms with E-state index in [0.29, 0.717) is 0 Å². The lowest BCUT2D eigenvalue weighted by atomic mass is 10.1. The van der Waals surface area contributed by atoms with Crippen molar-refractivity contribution in [2.24, 2.45) is 0 Å². The normalized spacial score (nSPS) is 15.8. The lowest BCUT2D eigenvalue weighted by Gasteiger charge is -2.26. The summed E-state index contributed by atoms with van der Waals surface area (Å²) in [5, 5.41) is 0.722. The molecule has 2 rings (SSSR count). The molecule has 1 heterocycles. The average molecular weight is 266 g/mol. The third-order valence-electron chi connectivity index (χ3n) is 3.46. The summed E-state index contributed by atoms with van der Waals surface area (Å²) in [7, 11) is 0. The molecule has 0 unspecified atom stereocenters. The second kappa shape index (κ2) is 6.24. The molecule has 1 saturated heterocycles. The van der Waals surface area contributed by atoms with Gasteiger partial charge in [0.15, 0.2) is 0 Å². The topological polar surface area (TPSA) is 20.3 Å². The molecule has 0 aliphatic carbocycles. The minimum Gasteiger partial charge on any atom is -0.339 e. The van der Waals surface area contributed by atoms with Gasteiger partial charge in [-0.2, -0.15) is 0 Å². The summed E-state index contributed by atoms with van der Waals surface area (Å²) in [6.45, 7) is 3.89. The second-order valence-corrected chi connectivity index (χ2v) is 5.32. The molecule has 1 fully saturated rings. The zero-order valence-electron chi connectivity index (χ0n) is 10.9. The van der Waals surface area contributed by atoms with Gasteiger partial charge in [0.1, 0.15) is 0 Å². The maximum atomic E-state index is 12.3. The molecule has 0 radical (unpaired) electrons. The summed E-state index contributed by atoms with van der Waals surface area (Å²) in [5.74, 6) is 0.125. The molecule has 18 heavy (non-hydrogen) atoms. The molecule has 1 aromatic rings. The second-order valence-electron chi connectivity index (χ2n) is 4.91. The highest BCUT2D eigenvalue weighted by molar-refractivity contribution is 6.31. The Kier molecular flexibility index (Phi) is 4.65. The van der Waals surface area contributed by atoms with Crippen molar-refractivity contribution < 1.29 is 4.79 Å². The maximum Gasteiger partial charge on any atom is 0.253 e. The number of rotatable bonds is 3. The van der Waals surface area contributed by atoms with Crippen molar-refractivity contribution in [3.63, 3.8) is 0 Å². The average Bonchev–Trinajstić information content (AvgIpc) is 2.41. The maximum absolute atomic E-state index is 12.3. The summed E-state index contributed by atoms with van der Waals surface area (Å²) in [5.41, 5.74) is 1.86. The molecule has 3 heteroatoms. The molecule has 0 aromatic heterocycles. The van der Waals surface area contributed by atoms with Gasteiger partial charge in [0, 0.05) is 23.7 Å². The first kappa shape index (κ1) is 13.4. The van der Waals surface area contributed by atoms with Gasteiger partial charge in [-0.1, -0.05) is 31.0 Å². The standard InChI is InChI=1S/C15H20ClNO/c1-2-6-12-7-8-13(11-14(12)16)15(18)17-9-4-3-5-10-17/h7-8,11H,2-6,9-10H2,1H3. The van der Waals surface area contributed by atoms with Crippen molar-refractivity contribution in [3.05, 3.63) is 34.3 Å².